The van der Waals surface area contributed by atoms with Crippen molar-refractivity contribution >= 4 is 28.7 Å². The number of aromatic nitrogens is 1. The van der Waals surface area contributed by atoms with Gasteiger partial charge in [-0.1, -0.05) is 0 Å². The van der Waals surface area contributed by atoms with Gasteiger partial charge < -0.3 is 24.1 Å². The molecule has 7 heteroatoms. The summed E-state index contributed by atoms with van der Waals surface area (Å²) in [6, 6.07) is 11.8. The van der Waals surface area contributed by atoms with Crippen LogP contribution in [0, 0.1) is 0 Å². The lowest BCUT2D eigenvalue weighted by molar-refractivity contribution is -0.0520. The van der Waals surface area contributed by atoms with Gasteiger partial charge in [0.2, 0.25) is 0 Å². The molecular formula is C22H21N3O4. The monoisotopic (exact) mass is 391 g/mol. The predicted molar refractivity (Wildman–Crippen MR) is 108 cm³/mol. The fourth-order valence-corrected chi connectivity index (χ4v) is 4.51. The van der Waals surface area contributed by atoms with Gasteiger partial charge in [0.1, 0.15) is 11.3 Å². The fraction of sp³-hybridized carbons (Fsp3) is 0.364. The zero-order chi connectivity index (χ0) is 19.4. The zero-order valence-corrected chi connectivity index (χ0v) is 15.9. The molecule has 29 heavy (non-hydrogen) atoms. The Bertz CT molecular complexity index is 1120. The number of fused-ring (bicyclic) bond motifs is 2. The van der Waals surface area contributed by atoms with Crippen molar-refractivity contribution in [2.24, 2.45) is 0 Å². The van der Waals surface area contributed by atoms with Gasteiger partial charge in [-0.2, -0.15) is 4.98 Å². The quantitative estimate of drug-likeness (QED) is 0.738. The van der Waals surface area contributed by atoms with Gasteiger partial charge in [-0.25, -0.2) is 0 Å². The summed E-state index contributed by atoms with van der Waals surface area (Å²) in [4.78, 5) is 19.6. The number of benzene rings is 2. The molecule has 1 N–H and O–H groups in total. The molecule has 0 radical (unpaired) electrons. The molecule has 3 aliphatic heterocycles. The highest BCUT2D eigenvalue weighted by molar-refractivity contribution is 6.05. The van der Waals surface area contributed by atoms with Crippen LogP contribution in [0.1, 0.15) is 28.8 Å². The first-order chi connectivity index (χ1) is 14.2. The van der Waals surface area contributed by atoms with Gasteiger partial charge in [0, 0.05) is 24.2 Å². The normalized spacial score (nSPS) is 19.2. The molecular weight excluding hydrogens is 370 g/mol. The lowest BCUT2D eigenvalue weighted by Gasteiger charge is -2.44. The van der Waals surface area contributed by atoms with Crippen molar-refractivity contribution in [3.8, 4) is 5.75 Å². The molecule has 2 aromatic carbocycles. The first-order valence-electron chi connectivity index (χ1n) is 10.0. The van der Waals surface area contributed by atoms with Crippen molar-refractivity contribution in [3.63, 3.8) is 0 Å². The van der Waals surface area contributed by atoms with E-state index in [4.69, 9.17) is 18.9 Å². The third-order valence-corrected chi connectivity index (χ3v) is 6.15. The number of nitrogens with zero attached hydrogens (tertiary/aromatic N) is 2. The lowest BCUT2D eigenvalue weighted by atomic mass is 9.94. The van der Waals surface area contributed by atoms with Crippen LogP contribution >= 0.6 is 0 Å². The highest BCUT2D eigenvalue weighted by Crippen LogP contribution is 2.40. The highest BCUT2D eigenvalue weighted by atomic mass is 16.5. The molecule has 1 aromatic heterocycles. The van der Waals surface area contributed by atoms with Crippen LogP contribution in [0.4, 0.5) is 11.7 Å². The maximum atomic E-state index is 12.7. The second-order valence-corrected chi connectivity index (χ2v) is 8.03. The molecule has 3 aromatic rings. The third kappa shape index (κ3) is 2.68. The number of anilines is 2. The SMILES string of the molecule is O=C(Nc1ccc2oc(N3CCCC34COC4)nc2c1)c1ccc2c(c1)CCO2. The van der Waals surface area contributed by atoms with Gasteiger partial charge in [0.05, 0.1) is 25.4 Å². The standard InChI is InChI=1S/C22H21N3O4/c26-20(15-2-4-18-14(10-15)6-9-28-18)23-16-3-5-19-17(11-16)24-21(29-19)25-8-1-7-22(25)12-27-13-22/h2-5,10-11H,1,6-9,12-13H2,(H,23,26). The van der Waals surface area contributed by atoms with Gasteiger partial charge in [0.15, 0.2) is 5.58 Å². The number of ether oxygens (including phenoxy) is 2. The number of hydrogen-bond acceptors (Lipinski definition) is 6. The van der Waals surface area contributed by atoms with Crippen molar-refractivity contribution < 1.29 is 18.7 Å². The second-order valence-electron chi connectivity index (χ2n) is 8.03. The molecule has 0 saturated carbocycles. The van der Waals surface area contributed by atoms with Gasteiger partial charge in [-0.3, -0.25) is 4.79 Å². The molecule has 6 rings (SSSR count). The molecule has 4 heterocycles. The van der Waals surface area contributed by atoms with E-state index < -0.39 is 0 Å². The number of hydrogen-bond donors (Lipinski definition) is 1. The summed E-state index contributed by atoms with van der Waals surface area (Å²) < 4.78 is 17.0. The molecule has 2 fully saturated rings. The molecule has 1 amide bonds. The molecule has 1 spiro atoms. The van der Waals surface area contributed by atoms with Gasteiger partial charge >= 0.3 is 0 Å². The number of carbonyl (C=O) groups excluding carboxylic acids is 1. The predicted octanol–water partition coefficient (Wildman–Crippen LogP) is 3.38. The smallest absolute Gasteiger partial charge is 0.299 e. The minimum absolute atomic E-state index is 0.0508. The number of rotatable bonds is 3. The summed E-state index contributed by atoms with van der Waals surface area (Å²) in [5.74, 6) is 0.725. The van der Waals surface area contributed by atoms with Crippen molar-refractivity contribution in [2.45, 2.75) is 24.8 Å². The Morgan fingerprint density at radius 3 is 2.97 bits per heavy atom. The molecule has 2 saturated heterocycles. The summed E-state index contributed by atoms with van der Waals surface area (Å²) in [6.07, 6.45) is 3.07. The largest absolute Gasteiger partial charge is 0.493 e. The Morgan fingerprint density at radius 2 is 2.10 bits per heavy atom. The Kier molecular flexibility index (Phi) is 3.61. The number of nitrogens with one attached hydrogen (secondary N) is 1. The number of oxazole rings is 1. The minimum Gasteiger partial charge on any atom is -0.493 e. The maximum Gasteiger partial charge on any atom is 0.299 e. The molecule has 148 valence electrons. The van der Waals surface area contributed by atoms with E-state index >= 15 is 0 Å². The lowest BCUT2D eigenvalue weighted by Crippen LogP contribution is -2.59. The van der Waals surface area contributed by atoms with E-state index in [1.165, 1.54) is 0 Å². The van der Waals surface area contributed by atoms with Crippen LogP contribution in [0.15, 0.2) is 40.8 Å². The van der Waals surface area contributed by atoms with Crippen LogP contribution in [0.5, 0.6) is 5.75 Å². The third-order valence-electron chi connectivity index (χ3n) is 6.15. The van der Waals surface area contributed by atoms with E-state index in [0.717, 1.165) is 61.4 Å². The van der Waals surface area contributed by atoms with Crippen LogP contribution in [-0.2, 0) is 11.2 Å². The minimum atomic E-state index is -0.145. The average molecular weight is 391 g/mol. The Balaban J connectivity index is 1.25. The van der Waals surface area contributed by atoms with Crippen LogP contribution in [0.2, 0.25) is 0 Å². The summed E-state index contributed by atoms with van der Waals surface area (Å²) >= 11 is 0. The number of carbonyl (C=O) groups is 1. The van der Waals surface area contributed by atoms with Gasteiger partial charge in [-0.15, -0.1) is 0 Å². The highest BCUT2D eigenvalue weighted by Gasteiger charge is 2.49. The van der Waals surface area contributed by atoms with Crippen LogP contribution in [0.3, 0.4) is 0 Å². The molecule has 3 aliphatic rings. The van der Waals surface area contributed by atoms with E-state index in [1.807, 2.05) is 30.3 Å². The van der Waals surface area contributed by atoms with Gasteiger partial charge in [0.25, 0.3) is 11.9 Å². The van der Waals surface area contributed by atoms with Crippen LogP contribution < -0.4 is 15.0 Å². The second kappa shape index (κ2) is 6.22. The maximum absolute atomic E-state index is 12.7. The summed E-state index contributed by atoms with van der Waals surface area (Å²) in [5.41, 5.74) is 3.91. The van der Waals surface area contributed by atoms with E-state index in [0.29, 0.717) is 23.9 Å². The van der Waals surface area contributed by atoms with Crippen molar-refractivity contribution in [1.82, 2.24) is 4.98 Å². The average Bonchev–Trinajstić information content (AvgIpc) is 3.42. The first kappa shape index (κ1) is 16.9. The summed E-state index contributed by atoms with van der Waals surface area (Å²) in [6.45, 7) is 3.08. The molecule has 0 aliphatic carbocycles. The molecule has 0 atom stereocenters. The van der Waals surface area contributed by atoms with E-state index in [2.05, 4.69) is 10.2 Å². The van der Waals surface area contributed by atoms with Crippen molar-refractivity contribution in [3.05, 3.63) is 47.5 Å². The fourth-order valence-electron chi connectivity index (χ4n) is 4.51. The summed E-state index contributed by atoms with van der Waals surface area (Å²) in [5, 5.41) is 2.96. The van der Waals surface area contributed by atoms with E-state index in [9.17, 15) is 4.79 Å². The number of amides is 1. The first-order valence-corrected chi connectivity index (χ1v) is 10.0. The molecule has 0 bridgehead atoms. The van der Waals surface area contributed by atoms with Crippen molar-refractivity contribution in [2.75, 3.05) is 36.6 Å². The topological polar surface area (TPSA) is 76.8 Å². The van der Waals surface area contributed by atoms with Crippen molar-refractivity contribution in [1.29, 1.82) is 0 Å². The zero-order valence-electron chi connectivity index (χ0n) is 15.9. The Hall–Kier alpha value is -3.06. The Morgan fingerprint density at radius 1 is 1.17 bits per heavy atom. The molecule has 0 unspecified atom stereocenters. The van der Waals surface area contributed by atoms with E-state index in [1.54, 1.807) is 6.07 Å². The molecule has 7 nitrogen and oxygen atoms in total. The summed E-state index contributed by atoms with van der Waals surface area (Å²) in [7, 11) is 0. The Labute approximate surface area is 167 Å². The van der Waals surface area contributed by atoms with E-state index in [-0.39, 0.29) is 11.4 Å². The van der Waals surface area contributed by atoms with Crippen LogP contribution in [-0.4, -0.2) is 42.8 Å². The van der Waals surface area contributed by atoms with Crippen LogP contribution in [0.25, 0.3) is 11.1 Å². The van der Waals surface area contributed by atoms with Gasteiger partial charge in [-0.05, 0) is 54.8 Å².